The highest BCUT2D eigenvalue weighted by Crippen LogP contribution is 2.63. The molecular weight excluding hydrogens is 753 g/mol. The van der Waals surface area contributed by atoms with Crippen LogP contribution in [0.3, 0.4) is 0 Å². The fourth-order valence-electron chi connectivity index (χ4n) is 10.4. The van der Waals surface area contributed by atoms with Crippen LogP contribution in [0.15, 0.2) is 223 Å². The molecule has 0 N–H and O–H groups in total. The van der Waals surface area contributed by atoms with Gasteiger partial charge in [-0.2, -0.15) is 0 Å². The summed E-state index contributed by atoms with van der Waals surface area (Å²) in [5, 5.41) is 2.25. The molecule has 13 rings (SSSR count). The molecule has 0 radical (unpaired) electrons. The number of furan rings is 1. The smallest absolute Gasteiger partial charge is 0.160 e. The summed E-state index contributed by atoms with van der Waals surface area (Å²) in [5.41, 5.74) is 21.4. The molecule has 2 heterocycles. The number of aromatic nitrogens is 2. The van der Waals surface area contributed by atoms with Gasteiger partial charge in [0.25, 0.3) is 0 Å². The Hall–Kier alpha value is -8.14. The number of hydrogen-bond donors (Lipinski definition) is 0. The van der Waals surface area contributed by atoms with E-state index in [0.29, 0.717) is 5.82 Å². The van der Waals surface area contributed by atoms with E-state index < -0.39 is 0 Å². The van der Waals surface area contributed by atoms with Gasteiger partial charge in [-0.1, -0.05) is 200 Å². The highest BCUT2D eigenvalue weighted by atomic mass is 16.3. The fraction of sp³-hybridized carbons (Fsp3) is 0.0169. The minimum atomic E-state index is -0.342. The molecule has 0 fully saturated rings. The lowest BCUT2D eigenvalue weighted by Crippen LogP contribution is -2.25. The molecule has 0 unspecified atom stereocenters. The number of fused-ring (bicyclic) bond motifs is 13. The first kappa shape index (κ1) is 34.7. The molecule has 0 aliphatic heterocycles. The molecule has 3 nitrogen and oxygen atoms in total. The van der Waals surface area contributed by atoms with E-state index in [1.807, 2.05) is 30.3 Å². The Bertz CT molecular complexity index is 3520. The Kier molecular flexibility index (Phi) is 7.52. The predicted octanol–water partition coefficient (Wildman–Crippen LogP) is 15.1. The maximum absolute atomic E-state index is 6.37. The summed E-state index contributed by atoms with van der Waals surface area (Å²) in [5.74, 6) is 0.694. The third kappa shape index (κ3) is 5.06. The predicted molar refractivity (Wildman–Crippen MR) is 253 cm³/mol. The van der Waals surface area contributed by atoms with Crippen LogP contribution in [0.4, 0.5) is 0 Å². The zero-order chi connectivity index (χ0) is 40.8. The van der Waals surface area contributed by atoms with E-state index in [4.69, 9.17) is 14.4 Å². The van der Waals surface area contributed by atoms with Gasteiger partial charge in [0.1, 0.15) is 11.2 Å². The van der Waals surface area contributed by atoms with Gasteiger partial charge in [0.2, 0.25) is 0 Å². The second-order valence-corrected chi connectivity index (χ2v) is 16.4. The van der Waals surface area contributed by atoms with Crippen molar-refractivity contribution in [3.05, 3.63) is 241 Å². The van der Waals surface area contributed by atoms with Crippen molar-refractivity contribution in [1.82, 2.24) is 9.97 Å². The van der Waals surface area contributed by atoms with Crippen molar-refractivity contribution in [1.29, 1.82) is 0 Å². The van der Waals surface area contributed by atoms with Crippen molar-refractivity contribution < 1.29 is 4.42 Å². The largest absolute Gasteiger partial charge is 0.455 e. The van der Waals surface area contributed by atoms with E-state index in [2.05, 4.69) is 188 Å². The molecule has 2 aromatic heterocycles. The van der Waals surface area contributed by atoms with Crippen LogP contribution in [0, 0.1) is 0 Å². The summed E-state index contributed by atoms with van der Waals surface area (Å²) in [6.45, 7) is 0. The van der Waals surface area contributed by atoms with Crippen LogP contribution in [-0.4, -0.2) is 9.97 Å². The molecule has 62 heavy (non-hydrogen) atoms. The molecule has 3 heteroatoms. The third-order valence-electron chi connectivity index (χ3n) is 13.2. The van der Waals surface area contributed by atoms with Crippen LogP contribution in [0.5, 0.6) is 0 Å². The number of para-hydroxylation sites is 2. The molecule has 0 saturated heterocycles. The van der Waals surface area contributed by atoms with Crippen LogP contribution in [0.2, 0.25) is 0 Å². The topological polar surface area (TPSA) is 38.9 Å². The molecule has 0 amide bonds. The van der Waals surface area contributed by atoms with Crippen LogP contribution in [-0.2, 0) is 5.41 Å². The molecule has 11 aromatic rings. The van der Waals surface area contributed by atoms with Crippen LogP contribution >= 0.6 is 0 Å². The highest BCUT2D eigenvalue weighted by Gasteiger charge is 2.51. The number of hydrogen-bond acceptors (Lipinski definition) is 3. The van der Waals surface area contributed by atoms with Gasteiger partial charge in [-0.3, -0.25) is 0 Å². The van der Waals surface area contributed by atoms with Crippen molar-refractivity contribution in [3.63, 3.8) is 0 Å². The quantitative estimate of drug-likeness (QED) is 0.174. The second-order valence-electron chi connectivity index (χ2n) is 16.4. The van der Waals surface area contributed by atoms with Crippen molar-refractivity contribution >= 4 is 21.9 Å². The Labute approximate surface area is 359 Å². The Balaban J connectivity index is 0.876. The maximum atomic E-state index is 6.37. The van der Waals surface area contributed by atoms with Crippen molar-refractivity contribution in [2.75, 3.05) is 0 Å². The van der Waals surface area contributed by atoms with Crippen molar-refractivity contribution in [2.45, 2.75) is 5.41 Å². The van der Waals surface area contributed by atoms with Gasteiger partial charge in [0.05, 0.1) is 16.8 Å². The first-order chi connectivity index (χ1) is 30.7. The third-order valence-corrected chi connectivity index (χ3v) is 13.2. The van der Waals surface area contributed by atoms with Gasteiger partial charge in [0, 0.05) is 33.0 Å². The Morgan fingerprint density at radius 2 is 0.790 bits per heavy atom. The summed E-state index contributed by atoms with van der Waals surface area (Å²) >= 11 is 0. The Morgan fingerprint density at radius 1 is 0.306 bits per heavy atom. The minimum absolute atomic E-state index is 0.342. The summed E-state index contributed by atoms with van der Waals surface area (Å²) in [6.07, 6.45) is 0. The molecule has 288 valence electrons. The molecule has 0 atom stereocenters. The normalized spacial score (nSPS) is 13.0. The first-order valence-electron chi connectivity index (χ1n) is 21.2. The van der Waals surface area contributed by atoms with Crippen LogP contribution in [0.25, 0.3) is 100 Å². The summed E-state index contributed by atoms with van der Waals surface area (Å²) in [7, 11) is 0. The molecule has 2 aliphatic carbocycles. The van der Waals surface area contributed by atoms with Crippen molar-refractivity contribution in [3.8, 4) is 78.4 Å². The average molecular weight is 789 g/mol. The molecule has 9 aromatic carbocycles. The van der Waals surface area contributed by atoms with E-state index in [1.54, 1.807) is 0 Å². The van der Waals surface area contributed by atoms with Gasteiger partial charge in [-0.05, 0) is 79.4 Å². The fourth-order valence-corrected chi connectivity index (χ4v) is 10.4. The van der Waals surface area contributed by atoms with Crippen molar-refractivity contribution in [2.24, 2.45) is 0 Å². The SMILES string of the molecule is c1ccc(-c2nc(-c3ccc(-c4ccc5c(c4)-c4ccccc4C54c5ccccc5-c5ccccc54)cc3)cc(-c3ccc(-c4cccc5c4oc4ccccc45)cc3)n2)cc1. The monoisotopic (exact) mass is 788 g/mol. The maximum Gasteiger partial charge on any atom is 0.160 e. The number of rotatable bonds is 5. The van der Waals surface area contributed by atoms with E-state index >= 15 is 0 Å². The molecule has 1 spiro atoms. The van der Waals surface area contributed by atoms with Gasteiger partial charge < -0.3 is 4.42 Å². The van der Waals surface area contributed by atoms with E-state index in [1.165, 1.54) is 50.1 Å². The molecule has 2 aliphatic rings. The number of nitrogens with zero attached hydrogens (tertiary/aromatic N) is 2. The lowest BCUT2D eigenvalue weighted by molar-refractivity contribution is 0.670. The van der Waals surface area contributed by atoms with Gasteiger partial charge in [0.15, 0.2) is 5.82 Å². The van der Waals surface area contributed by atoms with Gasteiger partial charge >= 0.3 is 0 Å². The van der Waals surface area contributed by atoms with E-state index in [-0.39, 0.29) is 5.41 Å². The highest BCUT2D eigenvalue weighted by molar-refractivity contribution is 6.09. The lowest BCUT2D eigenvalue weighted by atomic mass is 9.70. The lowest BCUT2D eigenvalue weighted by Gasteiger charge is -2.30. The second kappa shape index (κ2) is 13.4. The van der Waals surface area contributed by atoms with Gasteiger partial charge in [-0.25, -0.2) is 9.97 Å². The zero-order valence-electron chi connectivity index (χ0n) is 33.6. The first-order valence-corrected chi connectivity index (χ1v) is 21.2. The Morgan fingerprint density at radius 3 is 1.45 bits per heavy atom. The number of benzene rings is 9. The summed E-state index contributed by atoms with van der Waals surface area (Å²) in [4.78, 5) is 10.3. The van der Waals surface area contributed by atoms with Gasteiger partial charge in [-0.15, -0.1) is 0 Å². The van der Waals surface area contributed by atoms with E-state index in [0.717, 1.165) is 66.7 Å². The zero-order valence-corrected chi connectivity index (χ0v) is 33.6. The minimum Gasteiger partial charge on any atom is -0.455 e. The summed E-state index contributed by atoms with van der Waals surface area (Å²) < 4.78 is 6.37. The van der Waals surface area contributed by atoms with Crippen LogP contribution < -0.4 is 0 Å². The standard InChI is InChI=1S/C59H36N2O/c1-2-13-41(14-3-1)58-60-54(36-55(61-58)40-31-27-38(28-32-40)43-19-12-20-48-47-18-7-11-24-56(47)62-57(43)48)39-29-25-37(26-30-39)42-33-34-53-49(35-42)46-17-6-10-23-52(46)59(53)50-21-8-4-15-44(50)45-16-5-9-22-51(45)59/h1-36H. The van der Waals surface area contributed by atoms with E-state index in [9.17, 15) is 0 Å². The molecule has 0 bridgehead atoms. The average Bonchev–Trinajstić information content (AvgIpc) is 3.98. The van der Waals surface area contributed by atoms with Crippen LogP contribution in [0.1, 0.15) is 22.3 Å². The summed E-state index contributed by atoms with van der Waals surface area (Å²) in [6, 6.07) is 78.4. The molecular formula is C59H36N2O. The molecule has 0 saturated carbocycles.